The predicted molar refractivity (Wildman–Crippen MR) is 99.8 cm³/mol. The maximum atomic E-state index is 11.9. The van der Waals surface area contributed by atoms with Crippen LogP contribution in [-0.4, -0.2) is 43.5 Å². The predicted octanol–water partition coefficient (Wildman–Crippen LogP) is 1.23. The standard InChI is InChI=1S/C16H20N4O3S.ClH/c1-23-12-4-2-11(3-5-12)15(21)18-8-9-19-16(22)13-10-24-14(20-13)6-7-17;/h2-5,10H,6-9,17H2,1H3,(H,18,21)(H,19,22);1H. The number of ether oxygens (including phenoxy) is 1. The second-order valence-electron chi connectivity index (χ2n) is 4.91. The van der Waals surface area contributed by atoms with Gasteiger partial charge in [-0.3, -0.25) is 9.59 Å². The molecule has 0 saturated heterocycles. The van der Waals surface area contributed by atoms with Crippen LogP contribution in [0.3, 0.4) is 0 Å². The number of nitrogens with zero attached hydrogens (tertiary/aromatic N) is 1. The number of rotatable bonds is 8. The maximum absolute atomic E-state index is 11.9. The van der Waals surface area contributed by atoms with E-state index in [0.717, 1.165) is 5.01 Å². The molecule has 2 aromatic rings. The van der Waals surface area contributed by atoms with E-state index in [4.69, 9.17) is 10.5 Å². The molecule has 0 atom stereocenters. The lowest BCUT2D eigenvalue weighted by Crippen LogP contribution is -2.34. The summed E-state index contributed by atoms with van der Waals surface area (Å²) in [7, 11) is 1.57. The molecule has 0 bridgehead atoms. The second kappa shape index (κ2) is 10.7. The van der Waals surface area contributed by atoms with E-state index in [1.807, 2.05) is 0 Å². The highest BCUT2D eigenvalue weighted by atomic mass is 35.5. The number of methoxy groups -OCH3 is 1. The fourth-order valence-electron chi connectivity index (χ4n) is 1.94. The van der Waals surface area contributed by atoms with Crippen LogP contribution in [0.15, 0.2) is 29.6 Å². The van der Waals surface area contributed by atoms with Gasteiger partial charge >= 0.3 is 0 Å². The first kappa shape index (κ1) is 20.9. The summed E-state index contributed by atoms with van der Waals surface area (Å²) in [6.07, 6.45) is 0.663. The van der Waals surface area contributed by atoms with E-state index in [1.165, 1.54) is 11.3 Å². The van der Waals surface area contributed by atoms with Crippen LogP contribution >= 0.6 is 23.7 Å². The molecule has 2 rings (SSSR count). The van der Waals surface area contributed by atoms with Crippen LogP contribution in [0.2, 0.25) is 0 Å². The van der Waals surface area contributed by atoms with Crippen LogP contribution in [0, 0.1) is 0 Å². The van der Waals surface area contributed by atoms with Gasteiger partial charge in [0.15, 0.2) is 0 Å². The Morgan fingerprint density at radius 2 is 1.80 bits per heavy atom. The Hall–Kier alpha value is -2.16. The number of benzene rings is 1. The highest BCUT2D eigenvalue weighted by Gasteiger charge is 2.10. The van der Waals surface area contributed by atoms with Crippen molar-refractivity contribution in [3.63, 3.8) is 0 Å². The van der Waals surface area contributed by atoms with Crippen molar-refractivity contribution in [2.24, 2.45) is 5.73 Å². The summed E-state index contributed by atoms with van der Waals surface area (Å²) in [5, 5.41) is 8.01. The van der Waals surface area contributed by atoms with Gasteiger partial charge in [0.1, 0.15) is 11.4 Å². The Morgan fingerprint density at radius 1 is 1.16 bits per heavy atom. The van der Waals surface area contributed by atoms with Crippen molar-refractivity contribution in [1.29, 1.82) is 0 Å². The molecule has 0 aliphatic heterocycles. The van der Waals surface area contributed by atoms with Gasteiger partial charge in [0.2, 0.25) is 0 Å². The van der Waals surface area contributed by atoms with Crippen LogP contribution in [0.1, 0.15) is 25.9 Å². The van der Waals surface area contributed by atoms with Crippen LogP contribution < -0.4 is 21.1 Å². The topological polar surface area (TPSA) is 106 Å². The fourth-order valence-corrected chi connectivity index (χ4v) is 2.73. The molecule has 1 aromatic heterocycles. The van der Waals surface area contributed by atoms with Gasteiger partial charge in [-0.05, 0) is 30.8 Å². The van der Waals surface area contributed by atoms with E-state index in [0.29, 0.717) is 43.1 Å². The van der Waals surface area contributed by atoms with Gasteiger partial charge in [-0.1, -0.05) is 0 Å². The maximum Gasteiger partial charge on any atom is 0.270 e. The third kappa shape index (κ3) is 6.33. The summed E-state index contributed by atoms with van der Waals surface area (Å²) in [6, 6.07) is 6.80. The molecule has 0 aliphatic carbocycles. The fraction of sp³-hybridized carbons (Fsp3) is 0.312. The van der Waals surface area contributed by atoms with Crippen molar-refractivity contribution < 1.29 is 14.3 Å². The van der Waals surface area contributed by atoms with E-state index in [-0.39, 0.29) is 24.2 Å². The zero-order valence-electron chi connectivity index (χ0n) is 13.8. The van der Waals surface area contributed by atoms with Crippen LogP contribution in [0.4, 0.5) is 0 Å². The van der Waals surface area contributed by atoms with E-state index < -0.39 is 0 Å². The van der Waals surface area contributed by atoms with Gasteiger partial charge in [-0.25, -0.2) is 4.98 Å². The molecule has 1 aromatic carbocycles. The lowest BCUT2D eigenvalue weighted by Gasteiger charge is -2.07. The Kier molecular flexibility index (Phi) is 8.90. The Labute approximate surface area is 156 Å². The average Bonchev–Trinajstić information content (AvgIpc) is 3.07. The molecule has 0 radical (unpaired) electrons. The Morgan fingerprint density at radius 3 is 2.40 bits per heavy atom. The summed E-state index contributed by atoms with van der Waals surface area (Å²) < 4.78 is 5.04. The van der Waals surface area contributed by atoms with Crippen LogP contribution in [0.5, 0.6) is 5.75 Å². The molecule has 7 nitrogen and oxygen atoms in total. The molecule has 2 amide bonds. The van der Waals surface area contributed by atoms with E-state index in [1.54, 1.807) is 36.8 Å². The zero-order chi connectivity index (χ0) is 17.4. The smallest absolute Gasteiger partial charge is 0.270 e. The van der Waals surface area contributed by atoms with Crippen LogP contribution in [-0.2, 0) is 6.42 Å². The van der Waals surface area contributed by atoms with Crippen molar-refractivity contribution in [3.05, 3.63) is 45.9 Å². The first-order valence-electron chi connectivity index (χ1n) is 7.49. The SMILES string of the molecule is COc1ccc(C(=O)NCCNC(=O)c2csc(CCN)n2)cc1.Cl. The molecular weight excluding hydrogens is 364 g/mol. The second-order valence-corrected chi connectivity index (χ2v) is 5.85. The van der Waals surface area contributed by atoms with Gasteiger partial charge in [0.05, 0.1) is 12.1 Å². The molecule has 136 valence electrons. The normalized spacial score (nSPS) is 9.84. The number of halogens is 1. The van der Waals surface area contributed by atoms with Crippen molar-refractivity contribution >= 4 is 35.6 Å². The number of hydrogen-bond donors (Lipinski definition) is 3. The van der Waals surface area contributed by atoms with Gasteiger partial charge in [-0.15, -0.1) is 23.7 Å². The largest absolute Gasteiger partial charge is 0.497 e. The molecule has 25 heavy (non-hydrogen) atoms. The number of carbonyl (C=O) groups is 2. The lowest BCUT2D eigenvalue weighted by molar-refractivity contribution is 0.0925. The highest BCUT2D eigenvalue weighted by molar-refractivity contribution is 7.09. The molecule has 0 spiro atoms. The van der Waals surface area contributed by atoms with Gasteiger partial charge in [-0.2, -0.15) is 0 Å². The van der Waals surface area contributed by atoms with Crippen LogP contribution in [0.25, 0.3) is 0 Å². The average molecular weight is 385 g/mol. The number of amides is 2. The van der Waals surface area contributed by atoms with Crippen molar-refractivity contribution in [3.8, 4) is 5.75 Å². The van der Waals surface area contributed by atoms with E-state index in [2.05, 4.69) is 15.6 Å². The lowest BCUT2D eigenvalue weighted by atomic mass is 10.2. The molecule has 0 aliphatic rings. The summed E-state index contributed by atoms with van der Waals surface area (Å²) in [4.78, 5) is 28.1. The third-order valence-corrected chi connectivity index (χ3v) is 4.10. The van der Waals surface area contributed by atoms with Crippen molar-refractivity contribution in [1.82, 2.24) is 15.6 Å². The van der Waals surface area contributed by atoms with E-state index in [9.17, 15) is 9.59 Å². The van der Waals surface area contributed by atoms with Gasteiger partial charge in [0, 0.05) is 30.5 Å². The minimum atomic E-state index is -0.256. The number of thiazole rings is 1. The summed E-state index contributed by atoms with van der Waals surface area (Å²) >= 11 is 1.41. The zero-order valence-corrected chi connectivity index (χ0v) is 15.4. The van der Waals surface area contributed by atoms with Gasteiger partial charge < -0.3 is 21.1 Å². The molecule has 0 saturated carbocycles. The first-order valence-corrected chi connectivity index (χ1v) is 8.37. The Bertz CT molecular complexity index is 691. The molecular formula is C16H21ClN4O3S. The number of carbonyl (C=O) groups excluding carboxylic acids is 2. The summed E-state index contributed by atoms with van der Waals surface area (Å²) in [5.41, 5.74) is 6.37. The monoisotopic (exact) mass is 384 g/mol. The van der Waals surface area contributed by atoms with Crippen molar-refractivity contribution in [2.45, 2.75) is 6.42 Å². The number of nitrogens with two attached hydrogens (primary N) is 1. The quantitative estimate of drug-likeness (QED) is 0.593. The third-order valence-electron chi connectivity index (χ3n) is 3.19. The minimum Gasteiger partial charge on any atom is -0.497 e. The number of aromatic nitrogens is 1. The number of hydrogen-bond acceptors (Lipinski definition) is 6. The van der Waals surface area contributed by atoms with Crippen molar-refractivity contribution in [2.75, 3.05) is 26.7 Å². The highest BCUT2D eigenvalue weighted by Crippen LogP contribution is 2.11. The first-order chi connectivity index (χ1) is 11.6. The summed E-state index contributed by atoms with van der Waals surface area (Å²) in [5.74, 6) is 0.232. The minimum absolute atomic E-state index is 0. The molecule has 1 heterocycles. The van der Waals surface area contributed by atoms with E-state index >= 15 is 0 Å². The molecule has 9 heteroatoms. The molecule has 4 N–H and O–H groups in total. The molecule has 0 fully saturated rings. The number of nitrogens with one attached hydrogen (secondary N) is 2. The summed E-state index contributed by atoms with van der Waals surface area (Å²) in [6.45, 7) is 1.16. The van der Waals surface area contributed by atoms with Gasteiger partial charge in [0.25, 0.3) is 11.8 Å². The Balaban J connectivity index is 0.00000312. The molecule has 0 unspecified atom stereocenters.